The van der Waals surface area contributed by atoms with Crippen LogP contribution in [0.15, 0.2) is 30.3 Å². The largest absolute Gasteiger partial charge is 0.469 e. The van der Waals surface area contributed by atoms with Crippen LogP contribution in [-0.4, -0.2) is 38.3 Å². The van der Waals surface area contributed by atoms with Gasteiger partial charge in [0, 0.05) is 0 Å². The van der Waals surface area contributed by atoms with E-state index >= 15 is 0 Å². The summed E-state index contributed by atoms with van der Waals surface area (Å²) in [4.78, 5) is 34.3. The summed E-state index contributed by atoms with van der Waals surface area (Å²) in [5, 5.41) is 2.45. The number of hydrogen-bond acceptors (Lipinski definition) is 6. The highest BCUT2D eigenvalue weighted by molar-refractivity contribution is 5.76. The van der Waals surface area contributed by atoms with E-state index in [9.17, 15) is 14.4 Å². The first-order valence-electron chi connectivity index (χ1n) is 6.66. The quantitative estimate of drug-likeness (QED) is 0.605. The molecule has 120 valence electrons. The van der Waals surface area contributed by atoms with Gasteiger partial charge in [0.2, 0.25) is 0 Å². The van der Waals surface area contributed by atoms with Gasteiger partial charge < -0.3 is 19.5 Å². The van der Waals surface area contributed by atoms with Crippen molar-refractivity contribution in [3.8, 4) is 0 Å². The second kappa shape index (κ2) is 9.38. The van der Waals surface area contributed by atoms with Crippen LogP contribution in [0.2, 0.25) is 0 Å². The predicted molar refractivity (Wildman–Crippen MR) is 76.8 cm³/mol. The molecule has 7 nitrogen and oxygen atoms in total. The van der Waals surface area contributed by atoms with Crippen molar-refractivity contribution < 1.29 is 28.6 Å². The van der Waals surface area contributed by atoms with Crippen molar-refractivity contribution in [2.75, 3.05) is 14.2 Å². The lowest BCUT2D eigenvalue weighted by atomic mass is 10.1. The number of nitrogens with one attached hydrogen (secondary N) is 1. The smallest absolute Gasteiger partial charge is 0.407 e. The molecule has 1 amide bonds. The van der Waals surface area contributed by atoms with E-state index in [0.29, 0.717) is 0 Å². The third-order valence-corrected chi connectivity index (χ3v) is 2.82. The number of rotatable bonds is 7. The minimum atomic E-state index is -0.747. The molecular formula is C15H19NO6. The molecule has 0 saturated heterocycles. The molecule has 7 heteroatoms. The average molecular weight is 309 g/mol. The SMILES string of the molecule is COC(=O)CC(CC(=O)OC)NC(=O)OCc1ccccc1. The van der Waals surface area contributed by atoms with Crippen molar-refractivity contribution in [1.29, 1.82) is 0 Å². The van der Waals surface area contributed by atoms with Gasteiger partial charge in [-0.2, -0.15) is 0 Å². The summed E-state index contributed by atoms with van der Waals surface area (Å²) in [7, 11) is 2.45. The standard InChI is InChI=1S/C15H19NO6/c1-20-13(17)8-12(9-14(18)21-2)16-15(19)22-10-11-6-4-3-5-7-11/h3-7,12H,8-10H2,1-2H3,(H,16,19). The molecule has 0 saturated carbocycles. The Kier molecular flexibility index (Phi) is 7.45. The van der Waals surface area contributed by atoms with Crippen LogP contribution in [0.4, 0.5) is 4.79 Å². The Morgan fingerprint density at radius 3 is 2.05 bits per heavy atom. The molecule has 0 aromatic heterocycles. The minimum Gasteiger partial charge on any atom is -0.469 e. The summed E-state index contributed by atoms with van der Waals surface area (Å²) < 4.78 is 14.1. The van der Waals surface area contributed by atoms with E-state index in [2.05, 4.69) is 14.8 Å². The van der Waals surface area contributed by atoms with E-state index in [1.165, 1.54) is 14.2 Å². The van der Waals surface area contributed by atoms with Crippen molar-refractivity contribution in [1.82, 2.24) is 5.32 Å². The first-order chi connectivity index (χ1) is 10.5. The molecule has 1 aromatic carbocycles. The van der Waals surface area contributed by atoms with Crippen molar-refractivity contribution in [2.24, 2.45) is 0 Å². The number of carbonyl (C=O) groups is 3. The molecular weight excluding hydrogens is 290 g/mol. The third-order valence-electron chi connectivity index (χ3n) is 2.82. The van der Waals surface area contributed by atoms with E-state index in [4.69, 9.17) is 4.74 Å². The summed E-state index contributed by atoms with van der Waals surface area (Å²) in [6, 6.07) is 8.39. The molecule has 0 aliphatic heterocycles. The Bertz CT molecular complexity index is 484. The molecule has 1 N–H and O–H groups in total. The Morgan fingerprint density at radius 2 is 1.55 bits per heavy atom. The summed E-state index contributed by atoms with van der Waals surface area (Å²) in [6.45, 7) is 0.0931. The first kappa shape index (κ1) is 17.5. The second-order valence-corrected chi connectivity index (χ2v) is 4.46. The van der Waals surface area contributed by atoms with Crippen LogP contribution in [-0.2, 0) is 30.4 Å². The number of ether oxygens (including phenoxy) is 3. The molecule has 0 unspecified atom stereocenters. The fourth-order valence-electron chi connectivity index (χ4n) is 1.67. The highest BCUT2D eigenvalue weighted by atomic mass is 16.5. The Morgan fingerprint density at radius 1 is 1.00 bits per heavy atom. The predicted octanol–water partition coefficient (Wildman–Crippen LogP) is 1.41. The summed E-state index contributed by atoms with van der Waals surface area (Å²) in [5.41, 5.74) is 0.829. The molecule has 0 heterocycles. The first-order valence-corrected chi connectivity index (χ1v) is 6.66. The molecule has 22 heavy (non-hydrogen) atoms. The number of amides is 1. The van der Waals surface area contributed by atoms with Gasteiger partial charge in [0.05, 0.1) is 33.1 Å². The van der Waals surface area contributed by atoms with Gasteiger partial charge in [0.15, 0.2) is 0 Å². The molecule has 0 radical (unpaired) electrons. The molecule has 0 fully saturated rings. The number of carbonyl (C=O) groups excluding carboxylic acids is 3. The molecule has 1 aromatic rings. The van der Waals surface area contributed by atoms with Crippen LogP contribution in [0, 0.1) is 0 Å². The number of hydrogen-bond donors (Lipinski definition) is 1. The fraction of sp³-hybridized carbons (Fsp3) is 0.400. The Labute approximate surface area is 128 Å². The van der Waals surface area contributed by atoms with Crippen LogP contribution >= 0.6 is 0 Å². The van der Waals surface area contributed by atoms with E-state index in [-0.39, 0.29) is 19.4 Å². The van der Waals surface area contributed by atoms with Crippen LogP contribution in [0.5, 0.6) is 0 Å². The number of alkyl carbamates (subject to hydrolysis) is 1. The average Bonchev–Trinajstić information content (AvgIpc) is 2.53. The molecule has 1 rings (SSSR count). The normalized spacial score (nSPS) is 9.95. The maximum absolute atomic E-state index is 11.7. The Balaban J connectivity index is 2.50. The van der Waals surface area contributed by atoms with Gasteiger partial charge in [0.25, 0.3) is 0 Å². The fourth-order valence-corrected chi connectivity index (χ4v) is 1.67. The van der Waals surface area contributed by atoms with E-state index in [1.807, 2.05) is 30.3 Å². The maximum Gasteiger partial charge on any atom is 0.407 e. The highest BCUT2D eigenvalue weighted by Gasteiger charge is 2.21. The lowest BCUT2D eigenvalue weighted by molar-refractivity contribution is -0.143. The zero-order valence-corrected chi connectivity index (χ0v) is 12.5. The zero-order chi connectivity index (χ0) is 16.4. The van der Waals surface area contributed by atoms with Crippen LogP contribution in [0.25, 0.3) is 0 Å². The van der Waals surface area contributed by atoms with E-state index in [0.717, 1.165) is 5.56 Å². The van der Waals surface area contributed by atoms with Crippen LogP contribution in [0.3, 0.4) is 0 Å². The van der Waals surface area contributed by atoms with Gasteiger partial charge in [-0.15, -0.1) is 0 Å². The summed E-state index contributed by atoms with van der Waals surface area (Å²) in [6.07, 6.45) is -1.01. The Hall–Kier alpha value is -2.57. The van der Waals surface area contributed by atoms with Crippen molar-refractivity contribution in [3.63, 3.8) is 0 Å². The van der Waals surface area contributed by atoms with Gasteiger partial charge in [-0.3, -0.25) is 9.59 Å². The molecule has 0 spiro atoms. The molecule has 0 atom stereocenters. The highest BCUT2D eigenvalue weighted by Crippen LogP contribution is 2.04. The van der Waals surface area contributed by atoms with Crippen molar-refractivity contribution in [3.05, 3.63) is 35.9 Å². The van der Waals surface area contributed by atoms with Gasteiger partial charge in [0.1, 0.15) is 6.61 Å². The lowest BCUT2D eigenvalue weighted by Gasteiger charge is -2.16. The zero-order valence-electron chi connectivity index (χ0n) is 12.5. The van der Waals surface area contributed by atoms with Gasteiger partial charge in [-0.1, -0.05) is 30.3 Å². The third kappa shape index (κ3) is 6.74. The van der Waals surface area contributed by atoms with Crippen LogP contribution in [0.1, 0.15) is 18.4 Å². The number of benzene rings is 1. The molecule has 0 aliphatic rings. The number of methoxy groups -OCH3 is 2. The van der Waals surface area contributed by atoms with Gasteiger partial charge in [-0.05, 0) is 5.56 Å². The van der Waals surface area contributed by atoms with Crippen LogP contribution < -0.4 is 5.32 Å². The van der Waals surface area contributed by atoms with Gasteiger partial charge in [-0.25, -0.2) is 4.79 Å². The molecule has 0 bridgehead atoms. The second-order valence-electron chi connectivity index (χ2n) is 4.46. The minimum absolute atomic E-state index is 0.0931. The summed E-state index contributed by atoms with van der Waals surface area (Å²) >= 11 is 0. The van der Waals surface area contributed by atoms with Crippen molar-refractivity contribution in [2.45, 2.75) is 25.5 Å². The topological polar surface area (TPSA) is 90.9 Å². The van der Waals surface area contributed by atoms with Crippen molar-refractivity contribution >= 4 is 18.0 Å². The number of esters is 2. The molecule has 0 aliphatic carbocycles. The lowest BCUT2D eigenvalue weighted by Crippen LogP contribution is -2.38. The van der Waals surface area contributed by atoms with Gasteiger partial charge >= 0.3 is 18.0 Å². The van der Waals surface area contributed by atoms with E-state index in [1.54, 1.807) is 0 Å². The monoisotopic (exact) mass is 309 g/mol. The summed E-state index contributed by atoms with van der Waals surface area (Å²) in [5.74, 6) is -1.09. The van der Waals surface area contributed by atoms with E-state index < -0.39 is 24.1 Å². The maximum atomic E-state index is 11.7.